The lowest BCUT2D eigenvalue weighted by Gasteiger charge is -2.35. The van der Waals surface area contributed by atoms with E-state index in [2.05, 4.69) is 33.4 Å². The number of rotatable bonds is 3. The first-order valence-electron chi connectivity index (χ1n) is 10.5. The Morgan fingerprint density at radius 2 is 1.76 bits per heavy atom. The molecule has 1 unspecified atom stereocenters. The number of carbonyl (C=O) groups is 2. The Kier molecular flexibility index (Phi) is 5.79. The highest BCUT2D eigenvalue weighted by atomic mass is 16.2. The summed E-state index contributed by atoms with van der Waals surface area (Å²) in [7, 11) is 0. The van der Waals surface area contributed by atoms with Crippen LogP contribution in [0.25, 0.3) is 0 Å². The average molecular weight is 393 g/mol. The molecule has 1 fully saturated rings. The zero-order valence-electron chi connectivity index (χ0n) is 16.9. The van der Waals surface area contributed by atoms with Crippen LogP contribution in [0.4, 0.5) is 5.82 Å². The van der Waals surface area contributed by atoms with Crippen molar-refractivity contribution in [2.75, 3.05) is 31.1 Å². The fourth-order valence-corrected chi connectivity index (χ4v) is 4.19. The number of carbonyl (C=O) groups excluding carboxylic acids is 2. The minimum absolute atomic E-state index is 0.187. The molecule has 1 atom stereocenters. The maximum atomic E-state index is 12.6. The van der Waals surface area contributed by atoms with Gasteiger partial charge in [-0.25, -0.2) is 4.98 Å². The van der Waals surface area contributed by atoms with E-state index in [4.69, 9.17) is 0 Å². The summed E-state index contributed by atoms with van der Waals surface area (Å²) in [4.78, 5) is 33.3. The van der Waals surface area contributed by atoms with Crippen LogP contribution < -0.4 is 10.2 Å². The maximum Gasteiger partial charge on any atom is 0.312 e. The summed E-state index contributed by atoms with van der Waals surface area (Å²) in [5, 5.41) is 2.89. The Bertz CT molecular complexity index is 876. The zero-order valence-corrected chi connectivity index (χ0v) is 16.9. The van der Waals surface area contributed by atoms with Crippen molar-refractivity contribution in [3.8, 4) is 0 Å². The molecule has 1 aromatic carbocycles. The van der Waals surface area contributed by atoms with E-state index in [1.807, 2.05) is 25.1 Å². The summed E-state index contributed by atoms with van der Waals surface area (Å²) in [6.45, 7) is 4.34. The monoisotopic (exact) mass is 392 g/mol. The lowest BCUT2D eigenvalue weighted by molar-refractivity contribution is -0.146. The molecule has 1 aromatic heterocycles. The fraction of sp³-hybridized carbons (Fsp3) is 0.435. The van der Waals surface area contributed by atoms with Crippen LogP contribution in [0.5, 0.6) is 0 Å². The number of pyridine rings is 1. The van der Waals surface area contributed by atoms with E-state index in [0.29, 0.717) is 26.2 Å². The first kappa shape index (κ1) is 19.4. The van der Waals surface area contributed by atoms with Gasteiger partial charge in [-0.2, -0.15) is 0 Å². The van der Waals surface area contributed by atoms with Crippen LogP contribution in [-0.4, -0.2) is 47.9 Å². The molecule has 0 spiro atoms. The smallest absolute Gasteiger partial charge is 0.312 e. The largest absolute Gasteiger partial charge is 0.353 e. The minimum Gasteiger partial charge on any atom is -0.353 e. The van der Waals surface area contributed by atoms with E-state index in [-0.39, 0.29) is 6.04 Å². The van der Waals surface area contributed by atoms with Crippen molar-refractivity contribution < 1.29 is 9.59 Å². The molecule has 29 heavy (non-hydrogen) atoms. The zero-order chi connectivity index (χ0) is 20.2. The molecular weight excluding hydrogens is 364 g/mol. The molecule has 0 bridgehead atoms. The Balaban J connectivity index is 1.32. The second kappa shape index (κ2) is 8.64. The van der Waals surface area contributed by atoms with Crippen LogP contribution in [0.15, 0.2) is 42.6 Å². The van der Waals surface area contributed by atoms with Gasteiger partial charge in [-0.05, 0) is 61.4 Å². The summed E-state index contributed by atoms with van der Waals surface area (Å²) in [6, 6.07) is 12.1. The first-order chi connectivity index (χ1) is 14.1. The highest BCUT2D eigenvalue weighted by Crippen LogP contribution is 2.24. The number of hydrogen-bond donors (Lipinski definition) is 1. The molecule has 4 rings (SSSR count). The third-order valence-electron chi connectivity index (χ3n) is 5.95. The summed E-state index contributed by atoms with van der Waals surface area (Å²) in [5.74, 6) is -0.0675. The number of nitrogens with zero attached hydrogens (tertiary/aromatic N) is 3. The van der Waals surface area contributed by atoms with Gasteiger partial charge in [0.25, 0.3) is 0 Å². The second-order valence-electron chi connectivity index (χ2n) is 7.90. The SMILES string of the molecule is CC(NC(=O)C(=O)N1CCN(c2ccccn2)CC1)c1ccc2c(c1)CCCC2. The van der Waals surface area contributed by atoms with Gasteiger partial charge in [0.1, 0.15) is 5.82 Å². The van der Waals surface area contributed by atoms with Crippen molar-refractivity contribution in [3.05, 3.63) is 59.3 Å². The molecule has 0 radical (unpaired) electrons. The van der Waals surface area contributed by atoms with E-state index >= 15 is 0 Å². The molecule has 1 aliphatic carbocycles. The van der Waals surface area contributed by atoms with Crippen LogP contribution in [-0.2, 0) is 22.4 Å². The number of fused-ring (bicyclic) bond motifs is 1. The van der Waals surface area contributed by atoms with Crippen molar-refractivity contribution in [2.45, 2.75) is 38.6 Å². The number of nitrogens with one attached hydrogen (secondary N) is 1. The van der Waals surface area contributed by atoms with Gasteiger partial charge in [0.05, 0.1) is 6.04 Å². The Morgan fingerprint density at radius 1 is 1.00 bits per heavy atom. The van der Waals surface area contributed by atoms with Crippen molar-refractivity contribution >= 4 is 17.6 Å². The predicted octanol–water partition coefficient (Wildman–Crippen LogP) is 2.49. The Labute approximate surface area is 171 Å². The van der Waals surface area contributed by atoms with Crippen LogP contribution in [0.2, 0.25) is 0 Å². The molecule has 2 amide bonds. The number of anilines is 1. The number of aromatic nitrogens is 1. The number of aryl methyl sites for hydroxylation is 2. The van der Waals surface area contributed by atoms with Crippen LogP contribution in [0.1, 0.15) is 42.5 Å². The van der Waals surface area contributed by atoms with E-state index in [1.165, 1.54) is 24.0 Å². The number of amides is 2. The van der Waals surface area contributed by atoms with Gasteiger partial charge in [0.15, 0.2) is 0 Å². The summed E-state index contributed by atoms with van der Waals surface area (Å²) in [5.41, 5.74) is 3.86. The standard InChI is InChI=1S/C23H28N4O2/c1-17(19-10-9-18-6-2-3-7-20(18)16-19)25-22(28)23(29)27-14-12-26(13-15-27)21-8-4-5-11-24-21/h4-5,8-11,16-17H,2-3,6-7,12-15H2,1H3,(H,25,28). The van der Waals surface area contributed by atoms with Gasteiger partial charge >= 0.3 is 11.8 Å². The van der Waals surface area contributed by atoms with Crippen molar-refractivity contribution in [1.29, 1.82) is 0 Å². The topological polar surface area (TPSA) is 65.5 Å². The molecule has 1 N–H and O–H groups in total. The lowest BCUT2D eigenvalue weighted by atomic mass is 9.89. The lowest BCUT2D eigenvalue weighted by Crippen LogP contribution is -2.53. The van der Waals surface area contributed by atoms with Gasteiger partial charge < -0.3 is 15.1 Å². The predicted molar refractivity (Wildman–Crippen MR) is 113 cm³/mol. The molecule has 6 heteroatoms. The van der Waals surface area contributed by atoms with Gasteiger partial charge in [-0.1, -0.05) is 24.3 Å². The Morgan fingerprint density at radius 3 is 2.48 bits per heavy atom. The van der Waals surface area contributed by atoms with Crippen molar-refractivity contribution in [1.82, 2.24) is 15.2 Å². The Hall–Kier alpha value is -2.89. The van der Waals surface area contributed by atoms with Crippen LogP contribution in [0, 0.1) is 0 Å². The van der Waals surface area contributed by atoms with Crippen molar-refractivity contribution in [3.63, 3.8) is 0 Å². The van der Waals surface area contributed by atoms with E-state index in [0.717, 1.165) is 24.2 Å². The molecule has 2 heterocycles. The van der Waals surface area contributed by atoms with Gasteiger partial charge in [-0.15, -0.1) is 0 Å². The van der Waals surface area contributed by atoms with E-state index < -0.39 is 11.8 Å². The summed E-state index contributed by atoms with van der Waals surface area (Å²) in [6.07, 6.45) is 6.48. The van der Waals surface area contributed by atoms with Gasteiger partial charge in [0, 0.05) is 32.4 Å². The molecule has 1 aliphatic heterocycles. The minimum atomic E-state index is -0.526. The fourth-order valence-electron chi connectivity index (χ4n) is 4.19. The van der Waals surface area contributed by atoms with Crippen LogP contribution >= 0.6 is 0 Å². The molecule has 0 saturated carbocycles. The molecule has 6 nitrogen and oxygen atoms in total. The second-order valence-corrected chi connectivity index (χ2v) is 7.90. The van der Waals surface area contributed by atoms with Gasteiger partial charge in [-0.3, -0.25) is 9.59 Å². The van der Waals surface area contributed by atoms with E-state index in [9.17, 15) is 9.59 Å². The molecular formula is C23H28N4O2. The van der Waals surface area contributed by atoms with Crippen LogP contribution in [0.3, 0.4) is 0 Å². The quantitative estimate of drug-likeness (QED) is 0.815. The number of hydrogen-bond acceptors (Lipinski definition) is 4. The summed E-state index contributed by atoms with van der Waals surface area (Å²) < 4.78 is 0. The van der Waals surface area contributed by atoms with Crippen molar-refractivity contribution in [2.24, 2.45) is 0 Å². The summed E-state index contributed by atoms with van der Waals surface area (Å²) >= 11 is 0. The molecule has 152 valence electrons. The van der Waals surface area contributed by atoms with Gasteiger partial charge in [0.2, 0.25) is 0 Å². The third kappa shape index (κ3) is 4.42. The molecule has 1 saturated heterocycles. The highest BCUT2D eigenvalue weighted by Gasteiger charge is 2.27. The third-order valence-corrected chi connectivity index (χ3v) is 5.95. The molecule has 2 aromatic rings. The number of benzene rings is 1. The molecule has 2 aliphatic rings. The first-order valence-corrected chi connectivity index (χ1v) is 10.5. The number of piperazine rings is 1. The maximum absolute atomic E-state index is 12.6. The normalized spacial score (nSPS) is 17.4. The van der Waals surface area contributed by atoms with E-state index in [1.54, 1.807) is 11.1 Å². The average Bonchev–Trinajstić information content (AvgIpc) is 2.79. The highest BCUT2D eigenvalue weighted by molar-refractivity contribution is 6.35.